The second-order valence-electron chi connectivity index (χ2n) is 10.2. The molecule has 0 fully saturated rings. The minimum Gasteiger partial charge on any atom is -0.508 e. The van der Waals surface area contributed by atoms with Crippen molar-refractivity contribution >= 4 is 43.1 Å². The van der Waals surface area contributed by atoms with Crippen LogP contribution in [0, 0.1) is 20.8 Å². The Hall–Kier alpha value is -5.64. The van der Waals surface area contributed by atoms with E-state index in [2.05, 4.69) is 0 Å². The summed E-state index contributed by atoms with van der Waals surface area (Å²) in [6.07, 6.45) is 0. The van der Waals surface area contributed by atoms with Crippen LogP contribution in [0.5, 0.6) is 57.5 Å². The zero-order valence-corrected chi connectivity index (χ0v) is 21.9. The molecule has 0 amide bonds. The molecule has 41 heavy (non-hydrogen) atoms. The third-order valence-corrected chi connectivity index (χ3v) is 7.96. The number of fused-ring (bicyclic) bond motifs is 4. The molecule has 10 N–H and O–H groups in total. The SMILES string of the molecule is Cc1c(O)cc2c(-c3c4cc(O)c(C)c(O)c4c(O)c4c(O)c(C)c(O)cc34)c3cc(O)cc(O)c3c(O)c2c1O. The van der Waals surface area contributed by atoms with Gasteiger partial charge < -0.3 is 51.1 Å². The Morgan fingerprint density at radius 3 is 1.02 bits per heavy atom. The quantitative estimate of drug-likeness (QED) is 0.108. The molecular weight excluding hydrogens is 532 g/mol. The van der Waals surface area contributed by atoms with Crippen LogP contribution in [0.4, 0.5) is 0 Å². The average molecular weight is 557 g/mol. The van der Waals surface area contributed by atoms with Crippen LogP contribution in [0.15, 0.2) is 30.3 Å². The van der Waals surface area contributed by atoms with Gasteiger partial charge in [-0.05, 0) is 56.2 Å². The molecule has 6 aromatic rings. The lowest BCUT2D eigenvalue weighted by atomic mass is 9.83. The van der Waals surface area contributed by atoms with Crippen LogP contribution >= 0.6 is 0 Å². The van der Waals surface area contributed by atoms with Gasteiger partial charge in [0.15, 0.2) is 0 Å². The average Bonchev–Trinajstić information content (AvgIpc) is 2.89. The molecule has 0 heterocycles. The first kappa shape index (κ1) is 25.6. The minimum atomic E-state index is -0.563. The van der Waals surface area contributed by atoms with E-state index in [-0.39, 0.29) is 88.2 Å². The number of aromatic hydroxyl groups is 10. The van der Waals surface area contributed by atoms with Crippen molar-refractivity contribution < 1.29 is 51.1 Å². The number of hydrogen-bond donors (Lipinski definition) is 10. The van der Waals surface area contributed by atoms with Gasteiger partial charge in [-0.25, -0.2) is 0 Å². The third-order valence-electron chi connectivity index (χ3n) is 7.96. The van der Waals surface area contributed by atoms with Crippen molar-refractivity contribution in [1.82, 2.24) is 0 Å². The van der Waals surface area contributed by atoms with Crippen LogP contribution in [0.3, 0.4) is 0 Å². The molecule has 6 rings (SSSR count). The Morgan fingerprint density at radius 2 is 0.659 bits per heavy atom. The van der Waals surface area contributed by atoms with E-state index in [1.165, 1.54) is 45.0 Å². The molecule has 208 valence electrons. The molecule has 0 spiro atoms. The van der Waals surface area contributed by atoms with Gasteiger partial charge in [-0.3, -0.25) is 0 Å². The van der Waals surface area contributed by atoms with Crippen LogP contribution in [-0.2, 0) is 0 Å². The first-order valence-corrected chi connectivity index (χ1v) is 12.4. The Morgan fingerprint density at radius 1 is 0.341 bits per heavy atom. The van der Waals surface area contributed by atoms with Crippen molar-refractivity contribution in [2.45, 2.75) is 20.8 Å². The predicted octanol–water partition coefficient (Wildman–Crippen LogP) is 5.95. The Balaban J connectivity index is 2.08. The van der Waals surface area contributed by atoms with Gasteiger partial charge in [0.05, 0.1) is 21.5 Å². The van der Waals surface area contributed by atoms with Crippen LogP contribution < -0.4 is 0 Å². The molecule has 0 aromatic heterocycles. The zero-order valence-electron chi connectivity index (χ0n) is 21.9. The highest BCUT2D eigenvalue weighted by Gasteiger charge is 2.29. The molecule has 0 unspecified atom stereocenters. The number of phenols is 10. The molecule has 0 aliphatic rings. The van der Waals surface area contributed by atoms with Crippen molar-refractivity contribution in [3.05, 3.63) is 47.0 Å². The molecule has 0 aliphatic carbocycles. The lowest BCUT2D eigenvalue weighted by molar-refractivity contribution is 0.438. The molecular formula is C31H24O10. The summed E-state index contributed by atoms with van der Waals surface area (Å²) < 4.78 is 0. The maximum Gasteiger partial charge on any atom is 0.138 e. The number of phenolic OH excluding ortho intramolecular Hbond substituents is 10. The van der Waals surface area contributed by atoms with Crippen molar-refractivity contribution in [3.8, 4) is 68.6 Å². The van der Waals surface area contributed by atoms with E-state index < -0.39 is 40.2 Å². The summed E-state index contributed by atoms with van der Waals surface area (Å²) in [6, 6.07) is 5.93. The molecule has 0 saturated heterocycles. The first-order chi connectivity index (χ1) is 19.3. The van der Waals surface area contributed by atoms with Crippen molar-refractivity contribution in [2.24, 2.45) is 0 Å². The highest BCUT2D eigenvalue weighted by atomic mass is 16.3. The summed E-state index contributed by atoms with van der Waals surface area (Å²) in [5.74, 6) is -4.71. The molecule has 0 radical (unpaired) electrons. The van der Waals surface area contributed by atoms with Gasteiger partial charge in [0.2, 0.25) is 0 Å². The Bertz CT molecular complexity index is 2110. The van der Waals surface area contributed by atoms with Gasteiger partial charge in [-0.1, -0.05) is 0 Å². The zero-order chi connectivity index (χ0) is 29.8. The summed E-state index contributed by atoms with van der Waals surface area (Å²) in [5, 5.41) is 109. The number of rotatable bonds is 1. The van der Waals surface area contributed by atoms with E-state index in [9.17, 15) is 51.1 Å². The van der Waals surface area contributed by atoms with Crippen molar-refractivity contribution in [1.29, 1.82) is 0 Å². The van der Waals surface area contributed by atoms with E-state index in [0.717, 1.165) is 6.07 Å². The summed E-state index contributed by atoms with van der Waals surface area (Å²) in [4.78, 5) is 0. The Labute approximate surface area is 230 Å². The molecule has 10 heteroatoms. The lowest BCUT2D eigenvalue weighted by Crippen LogP contribution is -1.95. The minimum absolute atomic E-state index is 0.00236. The van der Waals surface area contributed by atoms with Crippen molar-refractivity contribution in [3.63, 3.8) is 0 Å². The molecule has 0 atom stereocenters. The molecule has 10 nitrogen and oxygen atoms in total. The summed E-state index contributed by atoms with van der Waals surface area (Å²) in [7, 11) is 0. The predicted molar refractivity (Wildman–Crippen MR) is 153 cm³/mol. The third kappa shape index (κ3) is 3.18. The lowest BCUT2D eigenvalue weighted by Gasteiger charge is -2.22. The van der Waals surface area contributed by atoms with Gasteiger partial charge >= 0.3 is 0 Å². The monoisotopic (exact) mass is 556 g/mol. The molecule has 0 bridgehead atoms. The highest BCUT2D eigenvalue weighted by Crippen LogP contribution is 2.57. The van der Waals surface area contributed by atoms with E-state index in [1.54, 1.807) is 0 Å². The fourth-order valence-corrected chi connectivity index (χ4v) is 5.71. The highest BCUT2D eigenvalue weighted by molar-refractivity contribution is 6.29. The van der Waals surface area contributed by atoms with Gasteiger partial charge in [0, 0.05) is 44.3 Å². The summed E-state index contributed by atoms with van der Waals surface area (Å²) in [5.41, 5.74) is 0.162. The van der Waals surface area contributed by atoms with Crippen LogP contribution in [0.2, 0.25) is 0 Å². The van der Waals surface area contributed by atoms with Crippen LogP contribution in [-0.4, -0.2) is 51.1 Å². The van der Waals surface area contributed by atoms with Crippen molar-refractivity contribution in [2.75, 3.05) is 0 Å². The van der Waals surface area contributed by atoms with Gasteiger partial charge in [-0.2, -0.15) is 0 Å². The van der Waals surface area contributed by atoms with Gasteiger partial charge in [0.25, 0.3) is 0 Å². The van der Waals surface area contributed by atoms with E-state index >= 15 is 0 Å². The Kier molecular flexibility index (Phi) is 5.11. The standard InChI is InChI=1S/C31H24O10/c1-9-17(33)6-14-21(13-4-12(32)5-20(36)23(13)30(40)24(14)27(9)37)22-15-7-18(34)10(2)28(38)25(15)31(41)26-16(22)8-19(35)11(3)29(26)39/h4-8,32-41H,1-3H3. The maximum absolute atomic E-state index is 11.4. The van der Waals surface area contributed by atoms with E-state index in [0.29, 0.717) is 0 Å². The topological polar surface area (TPSA) is 202 Å². The second kappa shape index (κ2) is 8.18. The van der Waals surface area contributed by atoms with Gasteiger partial charge in [0.1, 0.15) is 57.5 Å². The van der Waals surface area contributed by atoms with Crippen LogP contribution in [0.1, 0.15) is 16.7 Å². The fraction of sp³-hybridized carbons (Fsp3) is 0.0968. The first-order valence-electron chi connectivity index (χ1n) is 12.4. The molecule has 6 aromatic carbocycles. The summed E-state index contributed by atoms with van der Waals surface area (Å²) in [6.45, 7) is 4.23. The van der Waals surface area contributed by atoms with E-state index in [4.69, 9.17) is 0 Å². The molecule has 0 saturated carbocycles. The number of hydrogen-bond acceptors (Lipinski definition) is 10. The fourth-order valence-electron chi connectivity index (χ4n) is 5.71. The maximum atomic E-state index is 11.4. The summed E-state index contributed by atoms with van der Waals surface area (Å²) >= 11 is 0. The largest absolute Gasteiger partial charge is 0.508 e. The normalized spacial score (nSPS) is 11.8. The van der Waals surface area contributed by atoms with Gasteiger partial charge in [-0.15, -0.1) is 0 Å². The molecule has 0 aliphatic heterocycles. The second-order valence-corrected chi connectivity index (χ2v) is 10.2. The smallest absolute Gasteiger partial charge is 0.138 e. The number of benzene rings is 6. The van der Waals surface area contributed by atoms with E-state index in [1.807, 2.05) is 0 Å². The van der Waals surface area contributed by atoms with Crippen LogP contribution in [0.25, 0.3) is 54.2 Å².